The number of benzene rings is 2. The maximum atomic E-state index is 13.6. The normalized spacial score (nSPS) is 21.6. The van der Waals surface area contributed by atoms with Crippen LogP contribution in [0.5, 0.6) is 5.75 Å². The number of hydrogen-bond acceptors (Lipinski definition) is 3. The molecule has 2 saturated carbocycles. The van der Waals surface area contributed by atoms with Crippen molar-refractivity contribution in [2.75, 3.05) is 33.8 Å². The van der Waals surface area contributed by atoms with Crippen molar-refractivity contribution in [3.63, 3.8) is 0 Å². The van der Waals surface area contributed by atoms with Crippen molar-refractivity contribution in [1.82, 2.24) is 9.80 Å². The minimum atomic E-state index is -0.423. The minimum Gasteiger partial charge on any atom is -0.494 e. The van der Waals surface area contributed by atoms with E-state index in [1.165, 1.54) is 11.3 Å². The molecule has 5 rings (SSSR count). The molecule has 0 N–H and O–H groups in total. The third-order valence-electron chi connectivity index (χ3n) is 8.72. The molecule has 3 fully saturated rings. The lowest BCUT2D eigenvalue weighted by Gasteiger charge is -2.46. The molecule has 0 aromatic heterocycles. The summed E-state index contributed by atoms with van der Waals surface area (Å²) in [6, 6.07) is 13.1. The largest absolute Gasteiger partial charge is 0.494 e. The SMILES string of the molecule is CN(C)C(=O)c1ccc(OCCC2CC23CCN(C(=O)C2(c4ccccc4Cl)CCC2)CC3)cc1Cl. The third kappa shape index (κ3) is 4.61. The van der Waals surface area contributed by atoms with Crippen LogP contribution < -0.4 is 4.74 Å². The number of nitrogens with zero attached hydrogens (tertiary/aromatic N) is 2. The van der Waals surface area contributed by atoms with Gasteiger partial charge in [0.05, 0.1) is 22.6 Å². The molecule has 5 nitrogen and oxygen atoms in total. The average molecular weight is 530 g/mol. The lowest BCUT2D eigenvalue weighted by Crippen LogP contribution is -2.53. The molecule has 1 aliphatic heterocycles. The molecule has 2 aliphatic carbocycles. The van der Waals surface area contributed by atoms with Crippen LogP contribution >= 0.6 is 23.2 Å². The Hall–Kier alpha value is -2.24. The van der Waals surface area contributed by atoms with Crippen molar-refractivity contribution in [2.24, 2.45) is 11.3 Å². The van der Waals surface area contributed by atoms with E-state index < -0.39 is 5.41 Å². The molecule has 1 saturated heterocycles. The lowest BCUT2D eigenvalue weighted by atomic mass is 9.63. The van der Waals surface area contributed by atoms with E-state index in [1.807, 2.05) is 30.3 Å². The predicted molar refractivity (Wildman–Crippen MR) is 143 cm³/mol. The Bertz CT molecular complexity index is 1150. The number of piperidine rings is 1. The van der Waals surface area contributed by atoms with E-state index in [9.17, 15) is 9.59 Å². The Morgan fingerprint density at radius 1 is 1.03 bits per heavy atom. The van der Waals surface area contributed by atoms with E-state index in [0.29, 0.717) is 39.3 Å². The number of amides is 2. The Balaban J connectivity index is 1.12. The van der Waals surface area contributed by atoms with Gasteiger partial charge in [0.2, 0.25) is 5.91 Å². The van der Waals surface area contributed by atoms with Crippen LogP contribution in [0.4, 0.5) is 0 Å². The van der Waals surface area contributed by atoms with Crippen LogP contribution in [0.25, 0.3) is 0 Å². The first-order chi connectivity index (χ1) is 17.3. The quantitative estimate of drug-likeness (QED) is 0.428. The van der Waals surface area contributed by atoms with Crippen molar-refractivity contribution in [2.45, 2.75) is 50.4 Å². The molecule has 1 atom stereocenters. The zero-order chi connectivity index (χ0) is 25.5. The second kappa shape index (κ2) is 9.90. The van der Waals surface area contributed by atoms with Gasteiger partial charge in [0.1, 0.15) is 5.75 Å². The zero-order valence-electron chi connectivity index (χ0n) is 21.1. The second-order valence-electron chi connectivity index (χ2n) is 10.9. The summed E-state index contributed by atoms with van der Waals surface area (Å²) in [5.74, 6) is 1.48. The Morgan fingerprint density at radius 2 is 1.75 bits per heavy atom. The second-order valence-corrected chi connectivity index (χ2v) is 11.8. The smallest absolute Gasteiger partial charge is 0.254 e. The maximum absolute atomic E-state index is 13.6. The Kier molecular flexibility index (Phi) is 6.99. The number of ether oxygens (including phenoxy) is 1. The molecule has 1 spiro atoms. The number of carbonyl (C=O) groups is 2. The standard InChI is InChI=1S/C29H34Cl2N2O3/c1-32(2)26(34)22-9-8-21(18-25(22)31)36-17-10-20-19-28(20)13-15-33(16-14-28)27(35)29(11-5-12-29)23-6-3-4-7-24(23)30/h3-4,6-9,18,20H,5,10-17,19H2,1-2H3. The molecule has 2 aromatic rings. The maximum Gasteiger partial charge on any atom is 0.254 e. The van der Waals surface area contributed by atoms with E-state index in [2.05, 4.69) is 4.90 Å². The number of halogens is 2. The summed E-state index contributed by atoms with van der Waals surface area (Å²) in [5.41, 5.74) is 1.42. The number of carbonyl (C=O) groups excluding carboxylic acids is 2. The molecule has 36 heavy (non-hydrogen) atoms. The summed E-state index contributed by atoms with van der Waals surface area (Å²) >= 11 is 12.8. The van der Waals surface area contributed by atoms with Crippen LogP contribution in [0, 0.1) is 11.3 Å². The van der Waals surface area contributed by atoms with E-state index in [0.717, 1.165) is 57.2 Å². The summed E-state index contributed by atoms with van der Waals surface area (Å²) < 4.78 is 5.97. The van der Waals surface area contributed by atoms with E-state index >= 15 is 0 Å². The van der Waals surface area contributed by atoms with Gasteiger partial charge in [-0.1, -0.05) is 47.8 Å². The molecule has 7 heteroatoms. The van der Waals surface area contributed by atoms with Gasteiger partial charge in [-0.2, -0.15) is 0 Å². The first-order valence-electron chi connectivity index (χ1n) is 12.9. The van der Waals surface area contributed by atoms with Crippen molar-refractivity contribution in [3.05, 3.63) is 63.6 Å². The molecular formula is C29H34Cl2N2O3. The van der Waals surface area contributed by atoms with Crippen LogP contribution in [0.3, 0.4) is 0 Å². The lowest BCUT2D eigenvalue weighted by molar-refractivity contribution is -0.142. The molecule has 192 valence electrons. The molecule has 1 heterocycles. The number of hydrogen-bond donors (Lipinski definition) is 0. The van der Waals surface area contributed by atoms with Crippen molar-refractivity contribution >= 4 is 35.0 Å². The highest BCUT2D eigenvalue weighted by Crippen LogP contribution is 2.61. The monoisotopic (exact) mass is 528 g/mol. The highest BCUT2D eigenvalue weighted by Gasteiger charge is 2.56. The summed E-state index contributed by atoms with van der Waals surface area (Å²) in [4.78, 5) is 29.4. The van der Waals surface area contributed by atoms with Gasteiger partial charge in [-0.3, -0.25) is 9.59 Å². The van der Waals surface area contributed by atoms with Crippen LogP contribution in [0.2, 0.25) is 10.0 Å². The van der Waals surface area contributed by atoms with Gasteiger partial charge in [0, 0.05) is 32.2 Å². The van der Waals surface area contributed by atoms with E-state index in [-0.39, 0.29) is 11.8 Å². The number of rotatable bonds is 7. The van der Waals surface area contributed by atoms with Gasteiger partial charge in [-0.15, -0.1) is 0 Å². The minimum absolute atomic E-state index is 0.119. The average Bonchev–Trinajstić information content (AvgIpc) is 3.50. The Morgan fingerprint density at radius 3 is 2.36 bits per heavy atom. The van der Waals surface area contributed by atoms with Crippen molar-refractivity contribution in [1.29, 1.82) is 0 Å². The summed E-state index contributed by atoms with van der Waals surface area (Å²) in [7, 11) is 3.42. The molecular weight excluding hydrogens is 495 g/mol. The van der Waals surface area contributed by atoms with Crippen LogP contribution in [-0.2, 0) is 10.2 Å². The van der Waals surface area contributed by atoms with Gasteiger partial charge in [0.15, 0.2) is 0 Å². The molecule has 3 aliphatic rings. The third-order valence-corrected chi connectivity index (χ3v) is 9.37. The first-order valence-corrected chi connectivity index (χ1v) is 13.7. The fourth-order valence-electron chi connectivity index (χ4n) is 6.21. The molecule has 0 radical (unpaired) electrons. The molecule has 2 amide bonds. The topological polar surface area (TPSA) is 49.9 Å². The van der Waals surface area contributed by atoms with E-state index in [4.69, 9.17) is 27.9 Å². The fraction of sp³-hybridized carbons (Fsp3) is 0.517. The molecule has 0 bridgehead atoms. The van der Waals surface area contributed by atoms with Crippen LogP contribution in [-0.4, -0.2) is 55.4 Å². The van der Waals surface area contributed by atoms with Crippen molar-refractivity contribution in [3.8, 4) is 5.75 Å². The van der Waals surface area contributed by atoms with Gasteiger partial charge >= 0.3 is 0 Å². The highest BCUT2D eigenvalue weighted by molar-refractivity contribution is 6.34. The fourth-order valence-corrected chi connectivity index (χ4v) is 6.78. The summed E-state index contributed by atoms with van der Waals surface area (Å²) in [5, 5.41) is 1.12. The predicted octanol–water partition coefficient (Wildman–Crippen LogP) is 6.21. The van der Waals surface area contributed by atoms with Crippen LogP contribution in [0.1, 0.15) is 60.9 Å². The first kappa shape index (κ1) is 25.4. The van der Waals surface area contributed by atoms with E-state index in [1.54, 1.807) is 26.2 Å². The summed E-state index contributed by atoms with van der Waals surface area (Å²) in [6.07, 6.45) is 7.20. The van der Waals surface area contributed by atoms with Crippen LogP contribution in [0.15, 0.2) is 42.5 Å². The van der Waals surface area contributed by atoms with Gasteiger partial charge in [0.25, 0.3) is 5.91 Å². The van der Waals surface area contributed by atoms with Gasteiger partial charge in [-0.25, -0.2) is 0 Å². The molecule has 2 aromatic carbocycles. The zero-order valence-corrected chi connectivity index (χ0v) is 22.6. The van der Waals surface area contributed by atoms with Crippen molar-refractivity contribution < 1.29 is 14.3 Å². The number of likely N-dealkylation sites (tertiary alicyclic amines) is 1. The van der Waals surface area contributed by atoms with Gasteiger partial charge < -0.3 is 14.5 Å². The van der Waals surface area contributed by atoms with Gasteiger partial charge in [-0.05, 0) is 79.7 Å². The highest BCUT2D eigenvalue weighted by atomic mass is 35.5. The molecule has 1 unspecified atom stereocenters. The summed E-state index contributed by atoms with van der Waals surface area (Å²) in [6.45, 7) is 2.29. The Labute approximate surface area is 223 Å².